The van der Waals surface area contributed by atoms with Gasteiger partial charge in [0.25, 0.3) is 0 Å². The quantitative estimate of drug-likeness (QED) is 0.310. The second kappa shape index (κ2) is 6.26. The third kappa shape index (κ3) is 6.45. The topological polar surface area (TPSA) is 87.7 Å². The molecule has 1 amide bonds. The fourth-order valence-corrected chi connectivity index (χ4v) is 2.62. The van der Waals surface area contributed by atoms with Crippen molar-refractivity contribution >= 4 is 11.7 Å². The van der Waals surface area contributed by atoms with Gasteiger partial charge in [0, 0.05) is 5.54 Å². The molecule has 0 aromatic carbocycles. The third-order valence-corrected chi connectivity index (χ3v) is 2.82. The molecule has 0 rings (SSSR count). The SMILES string of the molecule is CC(C)C(C(=O)NC(C)(C)CC(C)(C)C)C(N)=NO. The summed E-state index contributed by atoms with van der Waals surface area (Å²) in [6, 6.07) is 0. The first-order valence-corrected chi connectivity index (χ1v) is 6.69. The minimum absolute atomic E-state index is 0.0265. The molecule has 1 atom stereocenters. The number of carbonyl (C=O) groups is 1. The predicted octanol–water partition coefficient (Wildman–Crippen LogP) is 2.34. The first kappa shape index (κ1) is 17.7. The van der Waals surface area contributed by atoms with E-state index in [1.807, 2.05) is 27.7 Å². The van der Waals surface area contributed by atoms with E-state index in [-0.39, 0.29) is 28.6 Å². The maximum atomic E-state index is 12.3. The summed E-state index contributed by atoms with van der Waals surface area (Å²) >= 11 is 0. The molecule has 0 aliphatic rings. The van der Waals surface area contributed by atoms with Gasteiger partial charge < -0.3 is 16.3 Å². The number of hydrogen-bond acceptors (Lipinski definition) is 3. The average Bonchev–Trinajstić information content (AvgIpc) is 2.11. The van der Waals surface area contributed by atoms with Gasteiger partial charge in [-0.25, -0.2) is 0 Å². The number of rotatable bonds is 5. The zero-order chi connectivity index (χ0) is 15.4. The predicted molar refractivity (Wildman–Crippen MR) is 78.0 cm³/mol. The minimum atomic E-state index is -0.607. The Morgan fingerprint density at radius 1 is 1.26 bits per heavy atom. The molecule has 19 heavy (non-hydrogen) atoms. The van der Waals surface area contributed by atoms with Crippen LogP contribution < -0.4 is 11.1 Å². The molecule has 0 aromatic rings. The highest BCUT2D eigenvalue weighted by Gasteiger charge is 2.33. The average molecular weight is 271 g/mol. The number of oxime groups is 1. The highest BCUT2D eigenvalue weighted by atomic mass is 16.4. The van der Waals surface area contributed by atoms with Crippen molar-refractivity contribution in [2.75, 3.05) is 0 Å². The Morgan fingerprint density at radius 3 is 2.05 bits per heavy atom. The van der Waals surface area contributed by atoms with Crippen LogP contribution in [0.3, 0.4) is 0 Å². The van der Waals surface area contributed by atoms with Crippen LogP contribution in [-0.2, 0) is 4.79 Å². The number of nitrogens with one attached hydrogen (secondary N) is 1. The van der Waals surface area contributed by atoms with Crippen LogP contribution in [0.15, 0.2) is 5.16 Å². The Morgan fingerprint density at radius 2 is 1.74 bits per heavy atom. The highest BCUT2D eigenvalue weighted by molar-refractivity contribution is 6.02. The van der Waals surface area contributed by atoms with E-state index in [0.29, 0.717) is 0 Å². The second-order valence-electron chi connectivity index (χ2n) is 7.36. The van der Waals surface area contributed by atoms with Crippen molar-refractivity contribution in [2.45, 2.75) is 60.4 Å². The smallest absolute Gasteiger partial charge is 0.231 e. The second-order valence-corrected chi connectivity index (χ2v) is 7.36. The van der Waals surface area contributed by atoms with Crippen molar-refractivity contribution in [3.63, 3.8) is 0 Å². The summed E-state index contributed by atoms with van der Waals surface area (Å²) in [5.74, 6) is -0.871. The van der Waals surface area contributed by atoms with E-state index in [0.717, 1.165) is 6.42 Å². The van der Waals surface area contributed by atoms with Crippen molar-refractivity contribution in [3.05, 3.63) is 0 Å². The maximum absolute atomic E-state index is 12.3. The van der Waals surface area contributed by atoms with E-state index in [4.69, 9.17) is 10.9 Å². The molecule has 0 aliphatic heterocycles. The molecule has 5 nitrogen and oxygen atoms in total. The zero-order valence-corrected chi connectivity index (χ0v) is 13.2. The first-order valence-electron chi connectivity index (χ1n) is 6.69. The lowest BCUT2D eigenvalue weighted by molar-refractivity contribution is -0.126. The van der Waals surface area contributed by atoms with Gasteiger partial charge in [-0.15, -0.1) is 0 Å². The highest BCUT2D eigenvalue weighted by Crippen LogP contribution is 2.27. The fraction of sp³-hybridized carbons (Fsp3) is 0.857. The van der Waals surface area contributed by atoms with Crippen LogP contribution >= 0.6 is 0 Å². The molecule has 0 radical (unpaired) electrons. The van der Waals surface area contributed by atoms with Crippen molar-refractivity contribution in [2.24, 2.45) is 28.1 Å². The van der Waals surface area contributed by atoms with Crippen molar-refractivity contribution in [1.29, 1.82) is 0 Å². The standard InChI is InChI=1S/C14H29N3O2/c1-9(2)10(11(15)17-19)12(18)16-14(6,7)8-13(3,4)5/h9-10,19H,8H2,1-7H3,(H2,15,17)(H,16,18). The first-order chi connectivity index (χ1) is 8.39. The van der Waals surface area contributed by atoms with E-state index in [1.54, 1.807) is 0 Å². The summed E-state index contributed by atoms with van der Waals surface area (Å²) in [6.45, 7) is 14.1. The van der Waals surface area contributed by atoms with Gasteiger partial charge in [-0.05, 0) is 31.6 Å². The number of hydrogen-bond donors (Lipinski definition) is 3. The molecular weight excluding hydrogens is 242 g/mol. The summed E-state index contributed by atoms with van der Waals surface area (Å²) in [7, 11) is 0. The molecule has 0 aliphatic carbocycles. The summed E-state index contributed by atoms with van der Waals surface area (Å²) in [5, 5.41) is 14.7. The normalized spacial score (nSPS) is 15.5. The molecule has 0 saturated heterocycles. The van der Waals surface area contributed by atoms with Gasteiger partial charge in [-0.2, -0.15) is 0 Å². The molecule has 0 spiro atoms. The Labute approximate surface area is 116 Å². The van der Waals surface area contributed by atoms with Gasteiger partial charge in [0.2, 0.25) is 5.91 Å². The van der Waals surface area contributed by atoms with Crippen LogP contribution in [0.1, 0.15) is 54.9 Å². The van der Waals surface area contributed by atoms with E-state index in [1.165, 1.54) is 0 Å². The molecule has 0 heterocycles. The van der Waals surface area contributed by atoms with E-state index in [9.17, 15) is 4.79 Å². The van der Waals surface area contributed by atoms with Gasteiger partial charge in [-0.3, -0.25) is 4.79 Å². The Hall–Kier alpha value is -1.26. The fourth-order valence-electron chi connectivity index (χ4n) is 2.62. The van der Waals surface area contributed by atoms with Gasteiger partial charge in [0.1, 0.15) is 5.92 Å². The molecule has 112 valence electrons. The Kier molecular flexibility index (Phi) is 5.84. The molecule has 4 N–H and O–H groups in total. The number of nitrogens with two attached hydrogens (primary N) is 1. The number of nitrogens with zero attached hydrogens (tertiary/aromatic N) is 1. The molecule has 5 heteroatoms. The van der Waals surface area contributed by atoms with Crippen LogP contribution in [0.5, 0.6) is 0 Å². The minimum Gasteiger partial charge on any atom is -0.409 e. The third-order valence-electron chi connectivity index (χ3n) is 2.82. The lowest BCUT2D eigenvalue weighted by Crippen LogP contribution is -2.51. The van der Waals surface area contributed by atoms with E-state index < -0.39 is 5.92 Å². The lowest BCUT2D eigenvalue weighted by atomic mass is 9.81. The number of carbonyl (C=O) groups excluding carboxylic acids is 1. The molecule has 0 aromatic heterocycles. The van der Waals surface area contributed by atoms with Gasteiger partial charge in [-0.1, -0.05) is 39.8 Å². The van der Waals surface area contributed by atoms with Crippen LogP contribution in [0.4, 0.5) is 0 Å². The van der Waals surface area contributed by atoms with Gasteiger partial charge in [0.15, 0.2) is 5.84 Å². The van der Waals surface area contributed by atoms with Crippen LogP contribution in [0.25, 0.3) is 0 Å². The summed E-state index contributed by atoms with van der Waals surface area (Å²) < 4.78 is 0. The Bertz CT molecular complexity index is 341. The number of amides is 1. The van der Waals surface area contributed by atoms with Crippen LogP contribution in [0, 0.1) is 17.3 Å². The van der Waals surface area contributed by atoms with E-state index >= 15 is 0 Å². The molecule has 0 fully saturated rings. The summed E-state index contributed by atoms with van der Waals surface area (Å²) in [6.07, 6.45) is 0.840. The van der Waals surface area contributed by atoms with E-state index in [2.05, 4.69) is 31.2 Å². The number of amidine groups is 1. The van der Waals surface area contributed by atoms with Crippen molar-refractivity contribution < 1.29 is 10.0 Å². The van der Waals surface area contributed by atoms with Gasteiger partial charge in [0.05, 0.1) is 0 Å². The van der Waals surface area contributed by atoms with Crippen molar-refractivity contribution in [1.82, 2.24) is 5.32 Å². The molecule has 0 bridgehead atoms. The Balaban J connectivity index is 4.92. The monoisotopic (exact) mass is 271 g/mol. The summed E-state index contributed by atoms with van der Waals surface area (Å²) in [4.78, 5) is 12.3. The van der Waals surface area contributed by atoms with Crippen molar-refractivity contribution in [3.8, 4) is 0 Å². The largest absolute Gasteiger partial charge is 0.409 e. The molecular formula is C14H29N3O2. The van der Waals surface area contributed by atoms with Crippen LogP contribution in [-0.4, -0.2) is 22.5 Å². The lowest BCUT2D eigenvalue weighted by Gasteiger charge is -2.35. The zero-order valence-electron chi connectivity index (χ0n) is 13.2. The summed E-state index contributed by atoms with van der Waals surface area (Å²) in [5.41, 5.74) is 5.38. The van der Waals surface area contributed by atoms with Crippen LogP contribution in [0.2, 0.25) is 0 Å². The maximum Gasteiger partial charge on any atom is 0.231 e. The molecule has 0 saturated carbocycles. The van der Waals surface area contributed by atoms with Gasteiger partial charge >= 0.3 is 0 Å². The molecule has 1 unspecified atom stereocenters.